The van der Waals surface area contributed by atoms with Crippen molar-refractivity contribution in [1.29, 1.82) is 0 Å². The Hall–Kier alpha value is -2.09. The second-order valence-corrected chi connectivity index (χ2v) is 6.73. The highest BCUT2D eigenvalue weighted by Crippen LogP contribution is 2.19. The zero-order chi connectivity index (χ0) is 16.9. The van der Waals surface area contributed by atoms with Gasteiger partial charge >= 0.3 is 5.97 Å². The van der Waals surface area contributed by atoms with Gasteiger partial charge in [0.15, 0.2) is 0 Å². The second-order valence-electron chi connectivity index (χ2n) is 4.69. The molecular formula is C14H19NO6S. The quantitative estimate of drug-likeness (QED) is 0.780. The number of esters is 1. The van der Waals surface area contributed by atoms with E-state index in [0.717, 1.165) is 0 Å². The molecule has 0 aliphatic carbocycles. The van der Waals surface area contributed by atoms with Gasteiger partial charge in [0.25, 0.3) is 5.91 Å². The summed E-state index contributed by atoms with van der Waals surface area (Å²) in [5.41, 5.74) is 0.0893. The van der Waals surface area contributed by atoms with Crippen molar-refractivity contribution in [3.8, 4) is 5.75 Å². The van der Waals surface area contributed by atoms with Crippen molar-refractivity contribution in [3.63, 3.8) is 0 Å². The van der Waals surface area contributed by atoms with E-state index >= 15 is 0 Å². The summed E-state index contributed by atoms with van der Waals surface area (Å²) in [5.74, 6) is -2.14. The normalized spacial score (nSPS) is 13.8. The van der Waals surface area contributed by atoms with Gasteiger partial charge in [0.05, 0.1) is 31.0 Å². The van der Waals surface area contributed by atoms with Crippen LogP contribution in [-0.2, 0) is 19.6 Å². The van der Waals surface area contributed by atoms with E-state index in [0.29, 0.717) is 0 Å². The van der Waals surface area contributed by atoms with Crippen LogP contribution >= 0.6 is 0 Å². The molecule has 0 radical (unpaired) electrons. The lowest BCUT2D eigenvalue weighted by molar-refractivity contribution is -0.144. The van der Waals surface area contributed by atoms with Crippen molar-refractivity contribution in [1.82, 2.24) is 4.72 Å². The molecule has 122 valence electrons. The summed E-state index contributed by atoms with van der Waals surface area (Å²) in [6.07, 6.45) is 0. The van der Waals surface area contributed by atoms with Gasteiger partial charge in [0.2, 0.25) is 10.0 Å². The van der Waals surface area contributed by atoms with Gasteiger partial charge in [-0.15, -0.1) is 0 Å². The lowest BCUT2D eigenvalue weighted by atomic mass is 10.1. The number of amides is 1. The van der Waals surface area contributed by atoms with Crippen LogP contribution in [0.2, 0.25) is 0 Å². The monoisotopic (exact) mass is 329 g/mol. The summed E-state index contributed by atoms with van der Waals surface area (Å²) in [7, 11) is -1.49. The molecular weight excluding hydrogens is 310 g/mol. The molecule has 0 aliphatic rings. The molecule has 0 saturated heterocycles. The molecule has 22 heavy (non-hydrogen) atoms. The van der Waals surface area contributed by atoms with E-state index < -0.39 is 33.1 Å². The van der Waals surface area contributed by atoms with Gasteiger partial charge in [-0.05, 0) is 19.1 Å². The second kappa shape index (κ2) is 7.26. The van der Waals surface area contributed by atoms with E-state index in [1.807, 2.05) is 4.72 Å². The molecule has 1 aromatic rings. The number of carbonyl (C=O) groups is 2. The number of ether oxygens (including phenoxy) is 2. The van der Waals surface area contributed by atoms with Crippen molar-refractivity contribution in [3.05, 3.63) is 29.8 Å². The van der Waals surface area contributed by atoms with Crippen LogP contribution in [0.25, 0.3) is 0 Å². The Kier molecular flexibility index (Phi) is 5.92. The largest absolute Gasteiger partial charge is 0.496 e. The highest BCUT2D eigenvalue weighted by atomic mass is 32.2. The zero-order valence-corrected chi connectivity index (χ0v) is 13.6. The van der Waals surface area contributed by atoms with Crippen LogP contribution in [-0.4, -0.2) is 39.8 Å². The Morgan fingerprint density at radius 2 is 1.73 bits per heavy atom. The molecule has 7 nitrogen and oxygen atoms in total. The summed E-state index contributed by atoms with van der Waals surface area (Å²) in [6.45, 7) is 2.75. The van der Waals surface area contributed by atoms with E-state index in [4.69, 9.17) is 4.74 Å². The Morgan fingerprint density at radius 1 is 1.14 bits per heavy atom. The van der Waals surface area contributed by atoms with Crippen molar-refractivity contribution < 1.29 is 27.5 Å². The molecule has 0 bridgehead atoms. The third kappa shape index (κ3) is 3.97. The standard InChI is InChI=1S/C14H19NO6S/c1-9(14(17)21-4)10(2)22(18,19)15-13(16)11-7-5-6-8-12(11)20-3/h5-10H,1-4H3,(H,15,16). The third-order valence-corrected chi connectivity index (χ3v) is 5.21. The number of sulfonamides is 1. The van der Waals surface area contributed by atoms with Gasteiger partial charge in [-0.2, -0.15) is 0 Å². The zero-order valence-electron chi connectivity index (χ0n) is 12.8. The van der Waals surface area contributed by atoms with Crippen molar-refractivity contribution in [2.24, 2.45) is 5.92 Å². The highest BCUT2D eigenvalue weighted by molar-refractivity contribution is 7.90. The molecule has 1 amide bonds. The number of nitrogens with one attached hydrogen (secondary N) is 1. The van der Waals surface area contributed by atoms with Gasteiger partial charge < -0.3 is 9.47 Å². The summed E-state index contributed by atoms with van der Waals surface area (Å²) < 4.78 is 35.9. The molecule has 0 saturated carbocycles. The smallest absolute Gasteiger partial charge is 0.309 e. The molecule has 0 heterocycles. The predicted molar refractivity (Wildman–Crippen MR) is 80.0 cm³/mol. The average Bonchev–Trinajstić information content (AvgIpc) is 2.51. The molecule has 0 aromatic heterocycles. The molecule has 2 atom stereocenters. The van der Waals surface area contributed by atoms with Crippen molar-refractivity contribution in [2.45, 2.75) is 19.1 Å². The van der Waals surface area contributed by atoms with E-state index in [1.54, 1.807) is 18.2 Å². The molecule has 1 N–H and O–H groups in total. The Balaban J connectivity index is 2.97. The maximum atomic E-state index is 12.2. The minimum Gasteiger partial charge on any atom is -0.496 e. The first kappa shape index (κ1) is 18.0. The van der Waals surface area contributed by atoms with Crippen LogP contribution in [0.1, 0.15) is 24.2 Å². The van der Waals surface area contributed by atoms with E-state index in [-0.39, 0.29) is 11.3 Å². The fraction of sp³-hybridized carbons (Fsp3) is 0.429. The van der Waals surface area contributed by atoms with Gasteiger partial charge in [-0.1, -0.05) is 19.1 Å². The number of rotatable bonds is 6. The van der Waals surface area contributed by atoms with Crippen LogP contribution < -0.4 is 9.46 Å². The maximum absolute atomic E-state index is 12.2. The highest BCUT2D eigenvalue weighted by Gasteiger charge is 2.33. The molecule has 0 spiro atoms. The van der Waals surface area contributed by atoms with E-state index in [2.05, 4.69) is 4.74 Å². The number of methoxy groups -OCH3 is 2. The number of para-hydroxylation sites is 1. The van der Waals surface area contributed by atoms with Crippen LogP contribution in [0.5, 0.6) is 5.75 Å². The Bertz CT molecular complexity index is 655. The minimum absolute atomic E-state index is 0.0893. The van der Waals surface area contributed by atoms with Gasteiger partial charge in [-0.25, -0.2) is 13.1 Å². The molecule has 1 aromatic carbocycles. The van der Waals surface area contributed by atoms with Gasteiger partial charge in [-0.3, -0.25) is 9.59 Å². The first-order chi connectivity index (χ1) is 10.2. The molecule has 1 rings (SSSR count). The van der Waals surface area contributed by atoms with Crippen LogP contribution in [0.4, 0.5) is 0 Å². The number of hydrogen-bond donors (Lipinski definition) is 1. The van der Waals surface area contributed by atoms with E-state index in [1.165, 1.54) is 34.1 Å². The Morgan fingerprint density at radius 3 is 2.27 bits per heavy atom. The number of carbonyl (C=O) groups excluding carboxylic acids is 2. The minimum atomic E-state index is -4.04. The average molecular weight is 329 g/mol. The number of benzene rings is 1. The summed E-state index contributed by atoms with van der Waals surface area (Å²) in [4.78, 5) is 23.6. The molecule has 0 fully saturated rings. The molecule has 8 heteroatoms. The van der Waals surface area contributed by atoms with Crippen LogP contribution in [0, 0.1) is 5.92 Å². The first-order valence-corrected chi connectivity index (χ1v) is 8.06. The Labute approximate surface area is 129 Å². The fourth-order valence-electron chi connectivity index (χ4n) is 1.76. The summed E-state index contributed by atoms with van der Waals surface area (Å²) in [6, 6.07) is 6.23. The van der Waals surface area contributed by atoms with Gasteiger partial charge in [0.1, 0.15) is 5.75 Å². The topological polar surface area (TPSA) is 98.8 Å². The van der Waals surface area contributed by atoms with Crippen molar-refractivity contribution >= 4 is 21.9 Å². The third-order valence-electron chi connectivity index (χ3n) is 3.35. The summed E-state index contributed by atoms with van der Waals surface area (Å²) in [5, 5.41) is -1.13. The predicted octanol–water partition coefficient (Wildman–Crippen LogP) is 0.952. The lowest BCUT2D eigenvalue weighted by Crippen LogP contribution is -2.42. The fourth-order valence-corrected chi connectivity index (χ4v) is 2.96. The molecule has 2 unspecified atom stereocenters. The lowest BCUT2D eigenvalue weighted by Gasteiger charge is -2.19. The van der Waals surface area contributed by atoms with Crippen molar-refractivity contribution in [2.75, 3.05) is 14.2 Å². The van der Waals surface area contributed by atoms with Crippen LogP contribution in [0.3, 0.4) is 0 Å². The maximum Gasteiger partial charge on any atom is 0.309 e. The SMILES string of the molecule is COC(=O)C(C)C(C)S(=O)(=O)NC(=O)c1ccccc1OC. The van der Waals surface area contributed by atoms with E-state index in [9.17, 15) is 18.0 Å². The van der Waals surface area contributed by atoms with Gasteiger partial charge in [0, 0.05) is 0 Å². The molecule has 0 aliphatic heterocycles. The first-order valence-electron chi connectivity index (χ1n) is 6.51. The van der Waals surface area contributed by atoms with Crippen LogP contribution in [0.15, 0.2) is 24.3 Å². The number of hydrogen-bond acceptors (Lipinski definition) is 6. The summed E-state index contributed by atoms with van der Waals surface area (Å²) >= 11 is 0.